The molecule has 1 saturated carbocycles. The third-order valence-electron chi connectivity index (χ3n) is 3.79. The molecule has 84 valence electrons. The molecule has 3 N–H and O–H groups in total. The largest absolute Gasteiger partial charge is 0.302 e. The number of nitrogens with zero attached hydrogens (tertiary/aromatic N) is 1. The molecule has 0 heterocycles. The fourth-order valence-corrected chi connectivity index (χ4v) is 2.99. The maximum absolute atomic E-state index is 5.70. The summed E-state index contributed by atoms with van der Waals surface area (Å²) < 4.78 is 0. The van der Waals surface area contributed by atoms with E-state index in [1.807, 2.05) is 0 Å². The number of nitrogens with two attached hydrogens (primary N) is 1. The SMILES string of the molecule is CC(C)C(NN)C1(N(C)C)CCCC1. The predicted octanol–water partition coefficient (Wildman–Crippen LogP) is 1.35. The lowest BCUT2D eigenvalue weighted by molar-refractivity contribution is 0.0816. The quantitative estimate of drug-likeness (QED) is 0.530. The fourth-order valence-electron chi connectivity index (χ4n) is 2.99. The van der Waals surface area contributed by atoms with Crippen LogP contribution in [0.25, 0.3) is 0 Å². The normalized spacial score (nSPS) is 23.4. The van der Waals surface area contributed by atoms with Crippen molar-refractivity contribution in [1.82, 2.24) is 10.3 Å². The second-order valence-electron chi connectivity index (χ2n) is 5.09. The number of nitrogens with one attached hydrogen (secondary N) is 1. The summed E-state index contributed by atoms with van der Waals surface area (Å²) >= 11 is 0. The minimum atomic E-state index is 0.281. The molecule has 14 heavy (non-hydrogen) atoms. The summed E-state index contributed by atoms with van der Waals surface area (Å²) in [4.78, 5) is 2.37. The highest BCUT2D eigenvalue weighted by molar-refractivity contribution is 5.02. The minimum Gasteiger partial charge on any atom is -0.302 e. The molecule has 0 aromatic heterocycles. The predicted molar refractivity (Wildman–Crippen MR) is 60.8 cm³/mol. The Balaban J connectivity index is 2.84. The molecule has 1 unspecified atom stereocenters. The van der Waals surface area contributed by atoms with Crippen LogP contribution in [0, 0.1) is 5.92 Å². The summed E-state index contributed by atoms with van der Waals surface area (Å²) in [5.74, 6) is 6.28. The molecule has 0 saturated heterocycles. The lowest BCUT2D eigenvalue weighted by atomic mass is 9.81. The molecular weight excluding hydrogens is 174 g/mol. The van der Waals surface area contributed by atoms with Gasteiger partial charge in [0.05, 0.1) is 0 Å². The number of hydrazine groups is 1. The Bertz CT molecular complexity index is 171. The minimum absolute atomic E-state index is 0.281. The molecular formula is C11H25N3. The maximum Gasteiger partial charge on any atom is 0.0417 e. The van der Waals surface area contributed by atoms with Crippen molar-refractivity contribution >= 4 is 0 Å². The average molecular weight is 199 g/mol. The van der Waals surface area contributed by atoms with Crippen LogP contribution in [-0.2, 0) is 0 Å². The van der Waals surface area contributed by atoms with Gasteiger partial charge in [0.15, 0.2) is 0 Å². The van der Waals surface area contributed by atoms with E-state index in [0.717, 1.165) is 0 Å². The van der Waals surface area contributed by atoms with E-state index in [4.69, 9.17) is 5.84 Å². The van der Waals surface area contributed by atoms with Crippen LogP contribution in [-0.4, -0.2) is 30.6 Å². The first-order chi connectivity index (χ1) is 6.54. The lowest BCUT2D eigenvalue weighted by Crippen LogP contribution is -2.61. The van der Waals surface area contributed by atoms with Crippen LogP contribution in [0.1, 0.15) is 39.5 Å². The first kappa shape index (κ1) is 12.0. The Kier molecular flexibility index (Phi) is 3.93. The monoisotopic (exact) mass is 199 g/mol. The fraction of sp³-hybridized carbons (Fsp3) is 1.00. The summed E-state index contributed by atoms with van der Waals surface area (Å²) in [7, 11) is 4.36. The van der Waals surface area contributed by atoms with E-state index in [1.54, 1.807) is 0 Å². The Hall–Kier alpha value is -0.120. The summed E-state index contributed by atoms with van der Waals surface area (Å²) in [6.07, 6.45) is 5.21. The molecule has 1 aliphatic rings. The first-order valence-corrected chi connectivity index (χ1v) is 5.68. The van der Waals surface area contributed by atoms with Crippen molar-refractivity contribution in [2.45, 2.75) is 51.1 Å². The van der Waals surface area contributed by atoms with E-state index < -0.39 is 0 Å². The molecule has 1 aliphatic carbocycles. The van der Waals surface area contributed by atoms with Crippen molar-refractivity contribution in [3.05, 3.63) is 0 Å². The summed E-state index contributed by atoms with van der Waals surface area (Å²) in [5.41, 5.74) is 3.30. The highest BCUT2D eigenvalue weighted by Crippen LogP contribution is 2.38. The zero-order valence-electron chi connectivity index (χ0n) is 10.0. The molecule has 1 atom stereocenters. The van der Waals surface area contributed by atoms with E-state index in [0.29, 0.717) is 12.0 Å². The van der Waals surface area contributed by atoms with Gasteiger partial charge in [-0.05, 0) is 32.9 Å². The lowest BCUT2D eigenvalue weighted by Gasteiger charge is -2.44. The van der Waals surface area contributed by atoms with Crippen LogP contribution < -0.4 is 11.3 Å². The smallest absolute Gasteiger partial charge is 0.0417 e. The zero-order chi connectivity index (χ0) is 10.8. The third-order valence-corrected chi connectivity index (χ3v) is 3.79. The highest BCUT2D eigenvalue weighted by Gasteiger charge is 2.43. The van der Waals surface area contributed by atoms with Crippen molar-refractivity contribution in [2.75, 3.05) is 14.1 Å². The second-order valence-corrected chi connectivity index (χ2v) is 5.09. The van der Waals surface area contributed by atoms with Gasteiger partial charge in [0, 0.05) is 11.6 Å². The maximum atomic E-state index is 5.70. The second kappa shape index (κ2) is 4.60. The van der Waals surface area contributed by atoms with Gasteiger partial charge in [-0.3, -0.25) is 11.3 Å². The van der Waals surface area contributed by atoms with Crippen molar-refractivity contribution in [3.63, 3.8) is 0 Å². The number of hydrogen-bond acceptors (Lipinski definition) is 3. The molecule has 0 aliphatic heterocycles. The molecule has 0 aromatic carbocycles. The molecule has 0 bridgehead atoms. The van der Waals surface area contributed by atoms with E-state index in [-0.39, 0.29) is 5.54 Å². The van der Waals surface area contributed by atoms with Gasteiger partial charge in [0.1, 0.15) is 0 Å². The van der Waals surface area contributed by atoms with Gasteiger partial charge in [0.25, 0.3) is 0 Å². The summed E-state index contributed by atoms with van der Waals surface area (Å²) in [5, 5.41) is 0. The van der Waals surface area contributed by atoms with Crippen molar-refractivity contribution < 1.29 is 0 Å². The van der Waals surface area contributed by atoms with Crippen molar-refractivity contribution in [1.29, 1.82) is 0 Å². The highest BCUT2D eigenvalue weighted by atomic mass is 15.3. The van der Waals surface area contributed by atoms with Crippen LogP contribution in [0.2, 0.25) is 0 Å². The number of rotatable bonds is 4. The average Bonchev–Trinajstić information content (AvgIpc) is 2.54. The molecule has 3 heteroatoms. The third kappa shape index (κ3) is 1.95. The number of likely N-dealkylation sites (N-methyl/N-ethyl adjacent to an activating group) is 1. The van der Waals surface area contributed by atoms with E-state index >= 15 is 0 Å². The molecule has 0 amide bonds. The van der Waals surface area contributed by atoms with Crippen LogP contribution in [0.5, 0.6) is 0 Å². The Morgan fingerprint density at radius 1 is 1.21 bits per heavy atom. The van der Waals surface area contributed by atoms with E-state index in [2.05, 4.69) is 38.3 Å². The molecule has 3 nitrogen and oxygen atoms in total. The van der Waals surface area contributed by atoms with Crippen LogP contribution >= 0.6 is 0 Å². The molecule has 0 radical (unpaired) electrons. The molecule has 1 fully saturated rings. The van der Waals surface area contributed by atoms with Crippen molar-refractivity contribution in [3.8, 4) is 0 Å². The van der Waals surface area contributed by atoms with Gasteiger partial charge in [0.2, 0.25) is 0 Å². The summed E-state index contributed by atoms with van der Waals surface area (Å²) in [6, 6.07) is 0.403. The standard InChI is InChI=1S/C11H25N3/c1-9(2)10(13-12)11(14(3)4)7-5-6-8-11/h9-10,13H,5-8,12H2,1-4H3. The van der Waals surface area contributed by atoms with E-state index in [9.17, 15) is 0 Å². The Labute approximate surface area is 88.0 Å². The zero-order valence-corrected chi connectivity index (χ0v) is 10.0. The van der Waals surface area contributed by atoms with Crippen molar-refractivity contribution in [2.24, 2.45) is 11.8 Å². The first-order valence-electron chi connectivity index (χ1n) is 5.68. The van der Waals surface area contributed by atoms with Gasteiger partial charge in [-0.1, -0.05) is 26.7 Å². The Morgan fingerprint density at radius 2 is 1.71 bits per heavy atom. The van der Waals surface area contributed by atoms with Gasteiger partial charge in [-0.25, -0.2) is 0 Å². The van der Waals surface area contributed by atoms with E-state index in [1.165, 1.54) is 25.7 Å². The van der Waals surface area contributed by atoms with Gasteiger partial charge >= 0.3 is 0 Å². The summed E-state index contributed by atoms with van der Waals surface area (Å²) in [6.45, 7) is 4.49. The van der Waals surface area contributed by atoms with Gasteiger partial charge < -0.3 is 4.90 Å². The molecule has 0 spiro atoms. The topological polar surface area (TPSA) is 41.3 Å². The van der Waals surface area contributed by atoms with Crippen LogP contribution in [0.15, 0.2) is 0 Å². The molecule has 1 rings (SSSR count). The molecule has 0 aromatic rings. The Morgan fingerprint density at radius 3 is 2.00 bits per heavy atom. The van der Waals surface area contributed by atoms with Crippen LogP contribution in [0.4, 0.5) is 0 Å². The van der Waals surface area contributed by atoms with Gasteiger partial charge in [-0.2, -0.15) is 0 Å². The van der Waals surface area contributed by atoms with Gasteiger partial charge in [-0.15, -0.1) is 0 Å². The van der Waals surface area contributed by atoms with Crippen LogP contribution in [0.3, 0.4) is 0 Å². The number of hydrogen-bond donors (Lipinski definition) is 2.